The molecule has 0 radical (unpaired) electrons. The Morgan fingerprint density at radius 3 is 2.64 bits per heavy atom. The number of amides is 1. The molecule has 11 heteroatoms. The fraction of sp³-hybridized carbons (Fsp3) is 0.360. The van der Waals surface area contributed by atoms with Crippen LogP contribution in [0.3, 0.4) is 0 Å². The predicted molar refractivity (Wildman–Crippen MR) is 134 cm³/mol. The van der Waals surface area contributed by atoms with Crippen LogP contribution in [0.25, 0.3) is 11.4 Å². The normalized spacial score (nSPS) is 17.7. The fourth-order valence-corrected chi connectivity index (χ4v) is 4.44. The highest BCUT2D eigenvalue weighted by Crippen LogP contribution is 2.26. The van der Waals surface area contributed by atoms with Gasteiger partial charge in [-0.1, -0.05) is 0 Å². The molecule has 0 unspecified atom stereocenters. The summed E-state index contributed by atoms with van der Waals surface area (Å²) >= 11 is 0. The van der Waals surface area contributed by atoms with E-state index in [1.165, 1.54) is 0 Å². The quantitative estimate of drug-likeness (QED) is 0.517. The van der Waals surface area contributed by atoms with E-state index in [2.05, 4.69) is 41.5 Å². The molecular weight excluding hydrogens is 461 g/mol. The minimum atomic E-state index is -0.861. The maximum absolute atomic E-state index is 13.3. The van der Waals surface area contributed by atoms with Crippen LogP contribution >= 0.6 is 0 Å². The van der Waals surface area contributed by atoms with Crippen molar-refractivity contribution >= 4 is 29.0 Å². The Morgan fingerprint density at radius 2 is 1.92 bits per heavy atom. The van der Waals surface area contributed by atoms with Crippen molar-refractivity contribution in [1.82, 2.24) is 24.8 Å². The Balaban J connectivity index is 1.23. The van der Waals surface area contributed by atoms with Gasteiger partial charge in [-0.2, -0.15) is 5.26 Å². The third kappa shape index (κ3) is 5.55. The van der Waals surface area contributed by atoms with Gasteiger partial charge in [0.15, 0.2) is 5.69 Å². The van der Waals surface area contributed by atoms with Crippen LogP contribution in [0.15, 0.2) is 42.7 Å². The number of likely N-dealkylation sites (tertiary alicyclic amines) is 1. The van der Waals surface area contributed by atoms with Crippen LogP contribution in [0.4, 0.5) is 27.5 Å². The lowest BCUT2D eigenvalue weighted by molar-refractivity contribution is -0.117. The van der Waals surface area contributed by atoms with Crippen LogP contribution in [0.1, 0.15) is 25.0 Å². The first kappa shape index (κ1) is 23.6. The number of carbonyl (C=O) groups excluding carboxylic acids is 1. The van der Waals surface area contributed by atoms with Crippen molar-refractivity contribution in [2.75, 3.05) is 48.3 Å². The van der Waals surface area contributed by atoms with Gasteiger partial charge in [-0.25, -0.2) is 24.3 Å². The van der Waals surface area contributed by atoms with Gasteiger partial charge in [-0.05, 0) is 49.6 Å². The number of anilines is 4. The van der Waals surface area contributed by atoms with Gasteiger partial charge in [0.05, 0.1) is 35.5 Å². The zero-order valence-electron chi connectivity index (χ0n) is 19.7. The van der Waals surface area contributed by atoms with Crippen LogP contribution in [0.2, 0.25) is 0 Å². The Labute approximate surface area is 208 Å². The van der Waals surface area contributed by atoms with Gasteiger partial charge >= 0.3 is 0 Å². The fourth-order valence-electron chi connectivity index (χ4n) is 4.44. The smallest absolute Gasteiger partial charge is 0.239 e. The molecule has 1 amide bonds. The predicted octanol–water partition coefficient (Wildman–Crippen LogP) is 3.13. The van der Waals surface area contributed by atoms with Gasteiger partial charge in [0, 0.05) is 32.4 Å². The van der Waals surface area contributed by atoms with Crippen molar-refractivity contribution in [2.24, 2.45) is 0 Å². The Bertz CT molecular complexity index is 1270. The topological polar surface area (TPSA) is 123 Å². The summed E-state index contributed by atoms with van der Waals surface area (Å²) in [6.45, 7) is 2.89. The van der Waals surface area contributed by atoms with E-state index in [0.29, 0.717) is 54.0 Å². The zero-order chi connectivity index (χ0) is 24.9. The number of hydrogen-bond acceptors (Lipinski definition) is 9. The molecule has 5 heterocycles. The molecular formula is C25H26FN9O. The second-order valence-electron chi connectivity index (χ2n) is 8.86. The molecule has 36 heavy (non-hydrogen) atoms. The van der Waals surface area contributed by atoms with Crippen LogP contribution in [0, 0.1) is 11.3 Å². The highest BCUT2D eigenvalue weighted by atomic mass is 19.1. The lowest BCUT2D eigenvalue weighted by Crippen LogP contribution is -2.32. The summed E-state index contributed by atoms with van der Waals surface area (Å²) in [5.41, 5.74) is 3.06. The van der Waals surface area contributed by atoms with Crippen LogP contribution in [-0.2, 0) is 4.79 Å². The molecule has 0 aromatic carbocycles. The largest absolute Gasteiger partial charge is 0.369 e. The SMILES string of the molecule is N#Cc1nc(-c2ccnc(Nc3ccc(NC(=O)CN4CC[C@H](F)C4)nc3)n2)ccc1N1CCCC1. The molecule has 3 aromatic rings. The highest BCUT2D eigenvalue weighted by Gasteiger charge is 2.23. The Morgan fingerprint density at radius 1 is 1.08 bits per heavy atom. The summed E-state index contributed by atoms with van der Waals surface area (Å²) < 4.78 is 13.3. The van der Waals surface area contributed by atoms with Gasteiger partial charge in [0.25, 0.3) is 0 Å². The van der Waals surface area contributed by atoms with Crippen LogP contribution in [-0.4, -0.2) is 69.6 Å². The minimum absolute atomic E-state index is 0.142. The average Bonchev–Trinajstić information content (AvgIpc) is 3.57. The van der Waals surface area contributed by atoms with Gasteiger partial charge in [0.2, 0.25) is 11.9 Å². The van der Waals surface area contributed by atoms with Crippen molar-refractivity contribution in [3.8, 4) is 17.5 Å². The van der Waals surface area contributed by atoms with Gasteiger partial charge in [-0.3, -0.25) is 9.69 Å². The van der Waals surface area contributed by atoms with Crippen molar-refractivity contribution in [3.63, 3.8) is 0 Å². The first-order valence-electron chi connectivity index (χ1n) is 12.0. The van der Waals surface area contributed by atoms with E-state index in [1.54, 1.807) is 35.5 Å². The molecule has 10 nitrogen and oxygen atoms in total. The number of hydrogen-bond donors (Lipinski definition) is 2. The van der Waals surface area contributed by atoms with E-state index < -0.39 is 6.17 Å². The molecule has 3 aromatic heterocycles. The number of pyridine rings is 2. The first-order chi connectivity index (χ1) is 17.6. The van der Waals surface area contributed by atoms with Crippen molar-refractivity contribution in [2.45, 2.75) is 25.4 Å². The molecule has 1 atom stereocenters. The number of carbonyl (C=O) groups is 1. The van der Waals surface area contributed by atoms with Gasteiger partial charge in [-0.15, -0.1) is 0 Å². The van der Waals surface area contributed by atoms with Gasteiger partial charge < -0.3 is 15.5 Å². The molecule has 2 saturated heterocycles. The summed E-state index contributed by atoms with van der Waals surface area (Å²) in [6, 6.07) is 11.2. The number of nitrogens with zero attached hydrogens (tertiary/aromatic N) is 7. The number of aromatic nitrogens is 4. The number of rotatable bonds is 7. The molecule has 0 saturated carbocycles. The van der Waals surface area contributed by atoms with Crippen molar-refractivity contribution in [1.29, 1.82) is 5.26 Å². The summed E-state index contributed by atoms with van der Waals surface area (Å²) in [5.74, 6) is 0.528. The number of nitriles is 1. The monoisotopic (exact) mass is 487 g/mol. The van der Waals surface area contributed by atoms with E-state index in [4.69, 9.17) is 0 Å². The third-order valence-corrected chi connectivity index (χ3v) is 6.21. The first-order valence-corrected chi connectivity index (χ1v) is 12.0. The molecule has 5 rings (SSSR count). The van der Waals surface area contributed by atoms with E-state index in [-0.39, 0.29) is 12.5 Å². The third-order valence-electron chi connectivity index (χ3n) is 6.21. The summed E-state index contributed by atoms with van der Waals surface area (Å²) in [7, 11) is 0. The number of halogens is 1. The van der Waals surface area contributed by atoms with Gasteiger partial charge in [0.1, 0.15) is 18.1 Å². The molecule has 0 aliphatic carbocycles. The maximum Gasteiger partial charge on any atom is 0.239 e. The average molecular weight is 488 g/mol. The second kappa shape index (κ2) is 10.6. The molecule has 0 bridgehead atoms. The number of alkyl halides is 1. The van der Waals surface area contributed by atoms with E-state index in [9.17, 15) is 14.4 Å². The lowest BCUT2D eigenvalue weighted by Gasteiger charge is -2.18. The zero-order valence-corrected chi connectivity index (χ0v) is 19.7. The molecule has 0 spiro atoms. The molecule has 2 fully saturated rings. The second-order valence-corrected chi connectivity index (χ2v) is 8.86. The summed E-state index contributed by atoms with van der Waals surface area (Å²) in [5, 5.41) is 15.4. The van der Waals surface area contributed by atoms with Crippen molar-refractivity contribution < 1.29 is 9.18 Å². The number of nitrogens with one attached hydrogen (secondary N) is 2. The maximum atomic E-state index is 13.3. The van der Waals surface area contributed by atoms with E-state index in [0.717, 1.165) is 31.6 Å². The van der Waals surface area contributed by atoms with Crippen molar-refractivity contribution in [3.05, 3.63) is 48.4 Å². The Hall–Kier alpha value is -4.17. The molecule has 2 N–H and O–H groups in total. The lowest BCUT2D eigenvalue weighted by atomic mass is 10.2. The minimum Gasteiger partial charge on any atom is -0.369 e. The van der Waals surface area contributed by atoms with Crippen LogP contribution < -0.4 is 15.5 Å². The van der Waals surface area contributed by atoms with Crippen LogP contribution in [0.5, 0.6) is 0 Å². The van der Waals surface area contributed by atoms with E-state index >= 15 is 0 Å². The highest BCUT2D eigenvalue weighted by molar-refractivity contribution is 5.91. The molecule has 184 valence electrons. The Kier molecular flexibility index (Phi) is 6.95. The molecule has 2 aliphatic heterocycles. The standard InChI is InChI=1S/C25H26FN9O/c26-17-8-12-34(15-17)16-24(36)33-23-6-3-18(14-29-23)30-25-28-9-7-20(32-25)19-4-5-22(21(13-27)31-19)35-10-1-2-11-35/h3-7,9,14,17H,1-2,8,10-12,15-16H2,(H,28,30,32)(H,29,33,36)/t17-/m0/s1. The summed E-state index contributed by atoms with van der Waals surface area (Å²) in [6.07, 6.45) is 5.03. The van der Waals surface area contributed by atoms with E-state index in [1.807, 2.05) is 12.1 Å². The summed E-state index contributed by atoms with van der Waals surface area (Å²) in [4.78, 5) is 33.7. The molecule has 2 aliphatic rings.